The second-order valence-electron chi connectivity index (χ2n) is 9.02. The van der Waals surface area contributed by atoms with Gasteiger partial charge in [0.25, 0.3) is 0 Å². The standard InChI is InChI=1S/C17H14O2S2.C16H11ClO2S2/c1-11-7-8-14-13(9-11)16(10-20-14)21-15-6-4-3-5-12(15)17(18)19-2;1-19-16(18)11-4-2-3-5-14(11)21-15-9-20-13-7-6-10(17)8-12(13)15/h3-10H,1-2H3;2-9H,1H3. The molecule has 0 unspecified atom stereocenters. The van der Waals surface area contributed by atoms with Crippen molar-refractivity contribution in [3.63, 3.8) is 0 Å². The highest BCUT2D eigenvalue weighted by Gasteiger charge is 2.15. The van der Waals surface area contributed by atoms with Crippen LogP contribution in [-0.2, 0) is 9.47 Å². The summed E-state index contributed by atoms with van der Waals surface area (Å²) in [4.78, 5) is 27.7. The molecule has 0 radical (unpaired) electrons. The quantitative estimate of drug-likeness (QED) is 0.168. The Hall–Kier alpha value is -3.27. The van der Waals surface area contributed by atoms with Crippen LogP contribution < -0.4 is 0 Å². The Morgan fingerprint density at radius 2 is 1.12 bits per heavy atom. The minimum Gasteiger partial charge on any atom is -0.465 e. The zero-order chi connectivity index (χ0) is 29.6. The van der Waals surface area contributed by atoms with Gasteiger partial charge in [-0.05, 0) is 61.5 Å². The van der Waals surface area contributed by atoms with E-state index in [2.05, 4.69) is 35.9 Å². The molecule has 0 amide bonds. The molecule has 0 fully saturated rings. The number of hydrogen-bond acceptors (Lipinski definition) is 8. The normalized spacial score (nSPS) is 10.8. The third kappa shape index (κ3) is 6.85. The van der Waals surface area contributed by atoms with Crippen molar-refractivity contribution in [3.05, 3.63) is 117 Å². The Labute approximate surface area is 265 Å². The van der Waals surface area contributed by atoms with E-state index in [4.69, 9.17) is 21.1 Å². The molecule has 6 rings (SSSR count). The van der Waals surface area contributed by atoms with Crippen molar-refractivity contribution in [2.75, 3.05) is 14.2 Å². The molecule has 0 bridgehead atoms. The van der Waals surface area contributed by atoms with Crippen molar-refractivity contribution in [2.24, 2.45) is 0 Å². The van der Waals surface area contributed by atoms with Crippen molar-refractivity contribution >= 4 is 89.9 Å². The van der Waals surface area contributed by atoms with Gasteiger partial charge in [0.05, 0.1) is 25.3 Å². The third-order valence-corrected chi connectivity index (χ3v) is 10.9. The minimum absolute atomic E-state index is 0.297. The second kappa shape index (κ2) is 13.8. The smallest absolute Gasteiger partial charge is 0.339 e. The van der Waals surface area contributed by atoms with Gasteiger partial charge < -0.3 is 9.47 Å². The van der Waals surface area contributed by atoms with Crippen LogP contribution in [0.25, 0.3) is 20.2 Å². The molecule has 0 atom stereocenters. The lowest BCUT2D eigenvalue weighted by molar-refractivity contribution is 0.0588. The van der Waals surface area contributed by atoms with Gasteiger partial charge in [0.2, 0.25) is 0 Å². The largest absolute Gasteiger partial charge is 0.465 e. The van der Waals surface area contributed by atoms with Crippen molar-refractivity contribution < 1.29 is 19.1 Å². The number of thiophene rings is 2. The van der Waals surface area contributed by atoms with Gasteiger partial charge in [0, 0.05) is 55.5 Å². The predicted octanol–water partition coefficient (Wildman–Crippen LogP) is 10.6. The number of rotatable bonds is 6. The van der Waals surface area contributed by atoms with E-state index < -0.39 is 0 Å². The molecule has 4 aromatic carbocycles. The Bertz CT molecular complexity index is 1750. The zero-order valence-corrected chi connectivity index (χ0v) is 26.9. The maximum Gasteiger partial charge on any atom is 0.339 e. The summed E-state index contributed by atoms with van der Waals surface area (Å²) in [5.74, 6) is -0.621. The molecule has 0 spiro atoms. The summed E-state index contributed by atoms with van der Waals surface area (Å²) in [6, 6.07) is 27.3. The molecule has 2 aromatic heterocycles. The average molecular weight is 649 g/mol. The van der Waals surface area contributed by atoms with Crippen LogP contribution >= 0.6 is 57.8 Å². The molecule has 42 heavy (non-hydrogen) atoms. The van der Waals surface area contributed by atoms with E-state index in [1.54, 1.807) is 58.3 Å². The van der Waals surface area contributed by atoms with Crippen LogP contribution in [0.5, 0.6) is 0 Å². The molecule has 2 heterocycles. The predicted molar refractivity (Wildman–Crippen MR) is 177 cm³/mol. The highest BCUT2D eigenvalue weighted by molar-refractivity contribution is 8.00. The molecule has 0 aliphatic carbocycles. The summed E-state index contributed by atoms with van der Waals surface area (Å²) in [5.41, 5.74) is 2.42. The first-order valence-electron chi connectivity index (χ1n) is 12.7. The number of benzene rings is 4. The van der Waals surface area contributed by atoms with E-state index in [9.17, 15) is 9.59 Å². The minimum atomic E-state index is -0.323. The van der Waals surface area contributed by atoms with Crippen LogP contribution in [0.3, 0.4) is 0 Å². The monoisotopic (exact) mass is 648 g/mol. The average Bonchev–Trinajstić information content (AvgIpc) is 3.60. The molecule has 0 saturated carbocycles. The van der Waals surface area contributed by atoms with Crippen LogP contribution in [0.4, 0.5) is 0 Å². The molecule has 0 aliphatic heterocycles. The number of methoxy groups -OCH3 is 2. The number of esters is 2. The van der Waals surface area contributed by atoms with Crippen LogP contribution in [0.2, 0.25) is 5.02 Å². The fourth-order valence-electron chi connectivity index (χ4n) is 4.16. The Morgan fingerprint density at radius 3 is 1.64 bits per heavy atom. The van der Waals surface area contributed by atoms with Crippen LogP contribution in [0.1, 0.15) is 26.3 Å². The van der Waals surface area contributed by atoms with Gasteiger partial charge in [-0.3, -0.25) is 0 Å². The molecular weight excluding hydrogens is 624 g/mol. The summed E-state index contributed by atoms with van der Waals surface area (Å²) in [7, 11) is 2.80. The van der Waals surface area contributed by atoms with E-state index in [0.717, 1.165) is 20.1 Å². The number of fused-ring (bicyclic) bond motifs is 2. The summed E-state index contributed by atoms with van der Waals surface area (Å²) in [6.45, 7) is 2.09. The van der Waals surface area contributed by atoms with Gasteiger partial charge in [-0.1, -0.05) is 71.0 Å². The Kier molecular flexibility index (Phi) is 9.92. The summed E-state index contributed by atoms with van der Waals surface area (Å²) in [5, 5.41) is 7.29. The van der Waals surface area contributed by atoms with Gasteiger partial charge >= 0.3 is 11.9 Å². The lowest BCUT2D eigenvalue weighted by Crippen LogP contribution is -2.02. The fraction of sp³-hybridized carbons (Fsp3) is 0.0909. The van der Waals surface area contributed by atoms with E-state index in [-0.39, 0.29) is 11.9 Å². The Morgan fingerprint density at radius 1 is 0.643 bits per heavy atom. The maximum atomic E-state index is 11.8. The molecule has 4 nitrogen and oxygen atoms in total. The number of hydrogen-bond donors (Lipinski definition) is 0. The van der Waals surface area contributed by atoms with Gasteiger partial charge in [0.15, 0.2) is 0 Å². The SMILES string of the molecule is COC(=O)c1ccccc1Sc1csc2ccc(C)cc12.COC(=O)c1ccccc1Sc1csc2ccc(Cl)cc12. The van der Waals surface area contributed by atoms with Gasteiger partial charge in [-0.25, -0.2) is 9.59 Å². The second-order valence-corrected chi connectivity index (χ2v) is 13.4. The number of halogens is 1. The molecule has 6 aromatic rings. The zero-order valence-electron chi connectivity index (χ0n) is 22.9. The van der Waals surface area contributed by atoms with Crippen LogP contribution in [0.15, 0.2) is 115 Å². The first-order chi connectivity index (χ1) is 20.4. The lowest BCUT2D eigenvalue weighted by Gasteiger charge is -2.06. The highest BCUT2D eigenvalue weighted by Crippen LogP contribution is 2.41. The maximum absolute atomic E-state index is 11.8. The third-order valence-electron chi connectivity index (χ3n) is 6.22. The van der Waals surface area contributed by atoms with E-state index in [0.29, 0.717) is 16.1 Å². The summed E-state index contributed by atoms with van der Waals surface area (Å²) in [6.07, 6.45) is 0. The number of carbonyl (C=O) groups is 2. The highest BCUT2D eigenvalue weighted by atomic mass is 35.5. The van der Waals surface area contributed by atoms with E-state index in [1.807, 2.05) is 54.6 Å². The van der Waals surface area contributed by atoms with Crippen LogP contribution in [-0.4, -0.2) is 26.2 Å². The van der Waals surface area contributed by atoms with Crippen LogP contribution in [0, 0.1) is 6.92 Å². The topological polar surface area (TPSA) is 52.6 Å². The summed E-state index contributed by atoms with van der Waals surface area (Å²) >= 11 is 12.6. The summed E-state index contributed by atoms with van der Waals surface area (Å²) < 4.78 is 12.1. The van der Waals surface area contributed by atoms with E-state index in [1.165, 1.54) is 39.5 Å². The fourth-order valence-corrected chi connectivity index (χ4v) is 8.59. The molecular formula is C33H25ClO4S4. The molecule has 212 valence electrons. The number of aryl methyl sites for hydroxylation is 1. The van der Waals surface area contributed by atoms with Gasteiger partial charge in [-0.2, -0.15) is 0 Å². The first-order valence-corrected chi connectivity index (χ1v) is 16.5. The van der Waals surface area contributed by atoms with Crippen molar-refractivity contribution in [1.29, 1.82) is 0 Å². The van der Waals surface area contributed by atoms with Crippen molar-refractivity contribution in [3.8, 4) is 0 Å². The van der Waals surface area contributed by atoms with Gasteiger partial charge in [0.1, 0.15) is 0 Å². The van der Waals surface area contributed by atoms with E-state index >= 15 is 0 Å². The lowest BCUT2D eigenvalue weighted by atomic mass is 10.2. The van der Waals surface area contributed by atoms with Crippen molar-refractivity contribution in [2.45, 2.75) is 26.5 Å². The molecule has 0 aliphatic rings. The van der Waals surface area contributed by atoms with Gasteiger partial charge in [-0.15, -0.1) is 22.7 Å². The molecule has 0 saturated heterocycles. The molecule has 0 N–H and O–H groups in total. The number of ether oxygens (including phenoxy) is 2. The first kappa shape index (κ1) is 30.2. The molecule has 9 heteroatoms. The number of carbonyl (C=O) groups excluding carboxylic acids is 2. The Balaban J connectivity index is 0.000000168. The van der Waals surface area contributed by atoms with Crippen molar-refractivity contribution in [1.82, 2.24) is 0 Å².